The molecule has 0 aliphatic carbocycles. The first-order valence-corrected chi connectivity index (χ1v) is 32.0. The number of nitrogens with zero attached hydrogens (tertiary/aromatic N) is 3. The number of hydrogen-bond donors (Lipinski definition) is 4. The van der Waals surface area contributed by atoms with Gasteiger partial charge in [-0.2, -0.15) is 0 Å². The first kappa shape index (κ1) is 74.4. The van der Waals surface area contributed by atoms with Crippen molar-refractivity contribution in [1.82, 2.24) is 10.2 Å². The molecule has 16 atom stereocenters. The number of epoxide rings is 2. The summed E-state index contributed by atoms with van der Waals surface area (Å²) in [5.74, 6) is -2.51. The number of ether oxygens (including phenoxy) is 10. The van der Waals surface area contributed by atoms with Gasteiger partial charge in [0.1, 0.15) is 86.6 Å². The fraction of sp³-hybridized carbons (Fsp3) is 0.597. The van der Waals surface area contributed by atoms with Crippen molar-refractivity contribution in [2.45, 2.75) is 190 Å². The Balaban J connectivity index is 0.000000233. The number of likely N-dealkylation sites (N-methyl/N-ethyl adjacent to an activating group) is 2. The second-order valence-corrected chi connectivity index (χ2v) is 26.8. The molecular formula is C67H90Cl2N4O19S. The van der Waals surface area contributed by atoms with Crippen LogP contribution in [0.1, 0.15) is 105 Å². The predicted octanol–water partition coefficient (Wildman–Crippen LogP) is 7.04. The Hall–Kier alpha value is -6.03. The van der Waals surface area contributed by atoms with Crippen LogP contribution >= 0.6 is 35.4 Å². The smallest absolute Gasteiger partial charge is 0.335 e. The number of thiocarbonyl (C=S) groups is 1. The van der Waals surface area contributed by atoms with Gasteiger partial charge in [0.25, 0.3) is 5.17 Å². The van der Waals surface area contributed by atoms with E-state index >= 15 is 0 Å². The summed E-state index contributed by atoms with van der Waals surface area (Å²) in [4.78, 5) is 80.6. The quantitative estimate of drug-likeness (QED) is 0.0936. The normalized spacial score (nSPS) is 35.4. The van der Waals surface area contributed by atoms with Gasteiger partial charge in [-0.05, 0) is 109 Å². The lowest BCUT2D eigenvalue weighted by Crippen LogP contribution is -2.53. The van der Waals surface area contributed by atoms with E-state index in [0.717, 1.165) is 22.3 Å². The van der Waals surface area contributed by atoms with Crippen LogP contribution in [0.25, 0.3) is 0 Å². The van der Waals surface area contributed by atoms with Crippen LogP contribution in [0.2, 0.25) is 10.0 Å². The molecule has 2 aromatic carbocycles. The zero-order valence-corrected chi connectivity index (χ0v) is 58.1. The number of amides is 2. The molecule has 93 heavy (non-hydrogen) atoms. The number of allylic oxidation sites excluding steroid dienone is 6. The van der Waals surface area contributed by atoms with Crippen molar-refractivity contribution in [2.24, 2.45) is 11.8 Å². The fourth-order valence-electron chi connectivity index (χ4n) is 12.5. The molecule has 0 aromatic heterocycles. The molecule has 7 heterocycles. The minimum Gasteiger partial charge on any atom is -0.495 e. The number of carbonyl (C=O) groups excluding carboxylic acids is 6. The lowest BCUT2D eigenvalue weighted by molar-refractivity contribution is -0.188. The standard InChI is InChI=1S/C33H45ClN2O9.C29H38ClNO8.C5H7NO2S/c1-18-10-9-11-25(42-8)33(40)16-24(43-28(38)17-33)19(2)30-32(4,45-30)26(44-31(39)20(3)35-5)15-27(37)36(6)22-13-21(12-18)14-23(41-7)29(22)34;1-16-8-7-9-23(37-6)29(35)14-21(38-25(34)15-29)17(2)27-28(3,39-27)22(32)13-24(33)31(4)19-11-18(10-16)12-20(36-5)26(19)30;1-3-4(7)8-5(9)6(3)2/h9-11,13-14,19-20,24-26,30,35,40H,12,15-17H2,1-8H3;7-9,11-12,17,21-23,27,32,35H,10,13-15H2,1-6H3;3H,1-2H3/b11-9+,18-10+;9-7+,16-8+;/t19-,20+,24+,25-,26+,30+,32+,33-;17-,21+,22+,23-,27+,28+,29-;/m11./s1. The maximum atomic E-state index is 13.8. The average molecular weight is 1360 g/mol. The minimum atomic E-state index is -1.53. The molecule has 0 radical (unpaired) electrons. The second-order valence-electron chi connectivity index (χ2n) is 25.7. The number of hydrogen-bond acceptors (Lipinski definition) is 21. The van der Waals surface area contributed by atoms with Crippen LogP contribution in [0.4, 0.5) is 11.4 Å². The first-order chi connectivity index (χ1) is 43.6. The SMILES string of the molecule is CC1C(=O)OC(=S)N1C.CN[C@@H](C)C(=O)O[C@H]1CC(=O)N(C)c2cc(cc(OC)c2Cl)C/C(C)=C/C=C/[C@@H](OC)[C@]2(O)CC(=O)O[C@@H](C2)[C@@H](C)[C@@H]2O[C@@]12C.COc1cc2cc(c1Cl)N(C)C(=O)C[C@H](O)[C@]1(C)O[C@H]1[C@H](C)[C@@H]1C[C@@](O)(CC(=O)O1)[C@H](OC)/C=C/C=C(\C)C2. The van der Waals surface area contributed by atoms with Crippen LogP contribution in [0.3, 0.4) is 0 Å². The van der Waals surface area contributed by atoms with Crippen LogP contribution in [0.5, 0.6) is 11.5 Å². The van der Waals surface area contributed by atoms with Gasteiger partial charge in [0.05, 0.1) is 69.6 Å². The van der Waals surface area contributed by atoms with Gasteiger partial charge in [-0.3, -0.25) is 24.0 Å². The van der Waals surface area contributed by atoms with Crippen LogP contribution in [-0.2, 0) is 79.5 Å². The summed E-state index contributed by atoms with van der Waals surface area (Å²) in [5.41, 5.74) is -0.502. The van der Waals surface area contributed by atoms with Crippen molar-refractivity contribution >= 4 is 87.7 Å². The topological polar surface area (TPSA) is 284 Å². The molecule has 8 bridgehead atoms. The molecule has 7 aliphatic heterocycles. The van der Waals surface area contributed by atoms with Crippen molar-refractivity contribution in [3.05, 3.63) is 93.0 Å². The zero-order chi connectivity index (χ0) is 69.0. The Morgan fingerprint density at radius 2 is 1.14 bits per heavy atom. The monoisotopic (exact) mass is 1360 g/mol. The number of esters is 4. The number of fused-ring (bicyclic) bond motifs is 10. The number of anilines is 2. The minimum absolute atomic E-state index is 0.106. The molecule has 2 amide bonds. The van der Waals surface area contributed by atoms with Gasteiger partial charge < -0.3 is 82.7 Å². The number of rotatable bonds is 7. The lowest BCUT2D eigenvalue weighted by atomic mass is 9.78. The van der Waals surface area contributed by atoms with Gasteiger partial charge in [-0.1, -0.05) is 84.7 Å². The third-order valence-corrected chi connectivity index (χ3v) is 20.0. The van der Waals surface area contributed by atoms with Gasteiger partial charge in [-0.25, -0.2) is 4.79 Å². The summed E-state index contributed by atoms with van der Waals surface area (Å²) in [5, 5.41) is 38.0. The second kappa shape index (κ2) is 30.4. The van der Waals surface area contributed by atoms with Crippen molar-refractivity contribution in [3.63, 3.8) is 0 Å². The highest BCUT2D eigenvalue weighted by Gasteiger charge is 2.65. The number of aliphatic hydroxyl groups is 3. The van der Waals surface area contributed by atoms with E-state index < -0.39 is 101 Å². The Morgan fingerprint density at radius 3 is 1.53 bits per heavy atom. The molecule has 0 saturated carbocycles. The molecule has 5 fully saturated rings. The number of carbonyl (C=O) groups is 6. The van der Waals surface area contributed by atoms with Gasteiger partial charge in [-0.15, -0.1) is 0 Å². The molecule has 2 aromatic rings. The number of nitrogens with one attached hydrogen (secondary N) is 1. The van der Waals surface area contributed by atoms with E-state index in [-0.39, 0.29) is 78.5 Å². The molecule has 512 valence electrons. The highest BCUT2D eigenvalue weighted by molar-refractivity contribution is 7.80. The average Bonchev–Trinajstić information content (AvgIpc) is 1.59. The number of methoxy groups -OCH3 is 4. The molecule has 9 rings (SSSR count). The highest BCUT2D eigenvalue weighted by Crippen LogP contribution is 2.51. The largest absolute Gasteiger partial charge is 0.495 e. The van der Waals surface area contributed by atoms with E-state index in [2.05, 4.69) is 22.3 Å². The third kappa shape index (κ3) is 16.8. The Labute approximate surface area is 559 Å². The molecule has 4 N–H and O–H groups in total. The lowest BCUT2D eigenvalue weighted by Gasteiger charge is -2.41. The van der Waals surface area contributed by atoms with Crippen molar-refractivity contribution in [1.29, 1.82) is 0 Å². The first-order valence-electron chi connectivity index (χ1n) is 30.9. The third-order valence-electron chi connectivity index (χ3n) is 18.9. The molecule has 26 heteroatoms. The maximum Gasteiger partial charge on any atom is 0.335 e. The van der Waals surface area contributed by atoms with E-state index in [9.17, 15) is 44.1 Å². The van der Waals surface area contributed by atoms with Crippen LogP contribution in [0, 0.1) is 11.8 Å². The summed E-state index contributed by atoms with van der Waals surface area (Å²) < 4.78 is 56.3. The number of benzene rings is 2. The van der Waals surface area contributed by atoms with E-state index in [4.69, 9.17) is 65.8 Å². The van der Waals surface area contributed by atoms with Gasteiger partial charge in [0.15, 0.2) is 0 Å². The van der Waals surface area contributed by atoms with E-state index in [0.29, 0.717) is 40.7 Å². The molecule has 1 unspecified atom stereocenters. The predicted molar refractivity (Wildman–Crippen MR) is 350 cm³/mol. The fourth-order valence-corrected chi connectivity index (χ4v) is 13.4. The highest BCUT2D eigenvalue weighted by atomic mass is 35.5. The van der Waals surface area contributed by atoms with E-state index in [1.54, 1.807) is 85.1 Å². The molecular weight excluding hydrogens is 1270 g/mol. The van der Waals surface area contributed by atoms with Gasteiger partial charge in [0, 0.05) is 60.0 Å². The van der Waals surface area contributed by atoms with E-state index in [1.165, 1.54) is 38.2 Å². The van der Waals surface area contributed by atoms with Crippen molar-refractivity contribution in [2.75, 3.05) is 66.4 Å². The van der Waals surface area contributed by atoms with Gasteiger partial charge in [0.2, 0.25) is 11.8 Å². The van der Waals surface area contributed by atoms with Crippen molar-refractivity contribution in [3.8, 4) is 11.5 Å². The molecule has 0 spiro atoms. The summed E-state index contributed by atoms with van der Waals surface area (Å²) in [6, 6.07) is 6.45. The number of cyclic esters (lactones) is 1. The zero-order valence-electron chi connectivity index (χ0n) is 55.7. The summed E-state index contributed by atoms with van der Waals surface area (Å²) in [6.07, 6.45) is 5.26. The molecule has 5 saturated heterocycles. The molecule has 23 nitrogen and oxygen atoms in total. The Bertz CT molecular complexity index is 3270. The molecule has 7 aliphatic rings. The maximum absolute atomic E-state index is 13.8. The number of halogens is 2. The van der Waals surface area contributed by atoms with Gasteiger partial charge >= 0.3 is 23.9 Å². The van der Waals surface area contributed by atoms with Crippen LogP contribution in [0.15, 0.2) is 71.9 Å². The number of aliphatic hydroxyl groups excluding tert-OH is 1. The van der Waals surface area contributed by atoms with Crippen LogP contribution in [-0.4, -0.2) is 201 Å². The van der Waals surface area contributed by atoms with E-state index in [1.807, 2.05) is 64.1 Å². The summed E-state index contributed by atoms with van der Waals surface area (Å²) in [6.45, 7) is 14.5. The van der Waals surface area contributed by atoms with Crippen LogP contribution < -0.4 is 24.6 Å². The Morgan fingerprint density at radius 1 is 0.710 bits per heavy atom. The summed E-state index contributed by atoms with van der Waals surface area (Å²) in [7, 11) is 12.6. The Kier molecular flexibility index (Phi) is 24.3. The summed E-state index contributed by atoms with van der Waals surface area (Å²) >= 11 is 18.0. The van der Waals surface area contributed by atoms with Crippen molar-refractivity contribution < 1.29 is 91.5 Å².